The fraction of sp³-hybridized carbons (Fsp3) is 0.833. The lowest BCUT2D eigenvalue weighted by Gasteiger charge is -2.36. The van der Waals surface area contributed by atoms with Gasteiger partial charge in [0.1, 0.15) is 0 Å². The number of likely N-dealkylation sites (tertiary alicyclic amines) is 1. The fourth-order valence-electron chi connectivity index (χ4n) is 2.24. The maximum atomic E-state index is 11.7. The van der Waals surface area contributed by atoms with Gasteiger partial charge in [-0.3, -0.25) is 9.59 Å². The first-order valence-corrected chi connectivity index (χ1v) is 6.43. The van der Waals surface area contributed by atoms with Crippen LogP contribution in [0.1, 0.15) is 26.2 Å². The molecule has 6 nitrogen and oxygen atoms in total. The van der Waals surface area contributed by atoms with Gasteiger partial charge in [0.25, 0.3) is 0 Å². The van der Waals surface area contributed by atoms with E-state index in [0.29, 0.717) is 38.9 Å². The summed E-state index contributed by atoms with van der Waals surface area (Å²) in [5, 5.41) is 21.0. The highest BCUT2D eigenvalue weighted by Crippen LogP contribution is 2.18. The highest BCUT2D eigenvalue weighted by atomic mass is 16.4. The first kappa shape index (κ1) is 14.9. The lowest BCUT2D eigenvalue weighted by molar-refractivity contribution is -0.146. The number of amides is 1. The Morgan fingerprint density at radius 1 is 1.39 bits per heavy atom. The molecule has 2 unspecified atom stereocenters. The van der Waals surface area contributed by atoms with Crippen LogP contribution in [-0.4, -0.2) is 59.3 Å². The minimum absolute atomic E-state index is 0.00176. The summed E-state index contributed by atoms with van der Waals surface area (Å²) in [6.45, 7) is 3.39. The first-order chi connectivity index (χ1) is 8.58. The second kappa shape index (κ2) is 7.33. The van der Waals surface area contributed by atoms with Crippen LogP contribution in [0.15, 0.2) is 0 Å². The van der Waals surface area contributed by atoms with Crippen LogP contribution in [0.25, 0.3) is 0 Å². The second-order valence-corrected chi connectivity index (χ2v) is 4.65. The van der Waals surface area contributed by atoms with Gasteiger partial charge in [-0.15, -0.1) is 0 Å². The molecule has 1 amide bonds. The quantitative estimate of drug-likeness (QED) is 0.568. The van der Waals surface area contributed by atoms with Crippen LogP contribution in [0.2, 0.25) is 0 Å². The minimum Gasteiger partial charge on any atom is -0.481 e. The van der Waals surface area contributed by atoms with Crippen molar-refractivity contribution >= 4 is 11.9 Å². The normalized spacial score (nSPS) is 24.0. The van der Waals surface area contributed by atoms with Crippen LogP contribution in [0, 0.1) is 5.92 Å². The third-order valence-electron chi connectivity index (χ3n) is 3.22. The molecule has 1 saturated heterocycles. The van der Waals surface area contributed by atoms with Gasteiger partial charge in [-0.1, -0.05) is 6.92 Å². The smallest absolute Gasteiger partial charge is 0.308 e. The Hall–Kier alpha value is -1.14. The minimum atomic E-state index is -0.849. The van der Waals surface area contributed by atoms with Crippen molar-refractivity contribution in [1.29, 1.82) is 0 Å². The van der Waals surface area contributed by atoms with E-state index in [2.05, 4.69) is 5.32 Å². The van der Waals surface area contributed by atoms with Gasteiger partial charge in [0.15, 0.2) is 0 Å². The summed E-state index contributed by atoms with van der Waals surface area (Å²) in [4.78, 5) is 24.4. The third-order valence-corrected chi connectivity index (χ3v) is 3.22. The molecule has 104 valence electrons. The van der Waals surface area contributed by atoms with Crippen molar-refractivity contribution in [2.45, 2.75) is 32.2 Å². The average molecular weight is 258 g/mol. The summed E-state index contributed by atoms with van der Waals surface area (Å²) >= 11 is 0. The number of aliphatic hydroxyl groups is 1. The van der Waals surface area contributed by atoms with Gasteiger partial charge in [0.05, 0.1) is 5.92 Å². The van der Waals surface area contributed by atoms with Crippen molar-refractivity contribution in [3.8, 4) is 0 Å². The van der Waals surface area contributed by atoms with Crippen molar-refractivity contribution in [3.63, 3.8) is 0 Å². The number of aliphatic hydroxyl groups excluding tert-OH is 1. The molecule has 1 heterocycles. The Kier molecular flexibility index (Phi) is 6.07. The molecule has 1 aliphatic rings. The molecule has 18 heavy (non-hydrogen) atoms. The Morgan fingerprint density at radius 3 is 2.67 bits per heavy atom. The lowest BCUT2D eigenvalue weighted by atomic mass is 9.94. The maximum Gasteiger partial charge on any atom is 0.308 e. The Bertz CT molecular complexity index is 296. The van der Waals surface area contributed by atoms with E-state index in [9.17, 15) is 9.59 Å². The number of hydrogen-bond donors (Lipinski definition) is 3. The van der Waals surface area contributed by atoms with E-state index in [1.807, 2.05) is 0 Å². The molecule has 0 aromatic carbocycles. The monoisotopic (exact) mass is 258 g/mol. The van der Waals surface area contributed by atoms with Gasteiger partial charge >= 0.3 is 5.97 Å². The zero-order valence-electron chi connectivity index (χ0n) is 10.8. The van der Waals surface area contributed by atoms with E-state index in [1.165, 1.54) is 0 Å². The van der Waals surface area contributed by atoms with E-state index in [4.69, 9.17) is 10.2 Å². The summed E-state index contributed by atoms with van der Waals surface area (Å²) < 4.78 is 0. The van der Waals surface area contributed by atoms with Crippen molar-refractivity contribution in [1.82, 2.24) is 10.2 Å². The van der Waals surface area contributed by atoms with E-state index < -0.39 is 11.9 Å². The highest BCUT2D eigenvalue weighted by molar-refractivity contribution is 5.77. The molecule has 1 fully saturated rings. The molecule has 0 aromatic heterocycles. The van der Waals surface area contributed by atoms with Crippen molar-refractivity contribution < 1.29 is 19.8 Å². The fourth-order valence-corrected chi connectivity index (χ4v) is 2.24. The molecule has 6 heteroatoms. The van der Waals surface area contributed by atoms with Gasteiger partial charge in [0.2, 0.25) is 5.91 Å². The summed E-state index contributed by atoms with van der Waals surface area (Å²) in [7, 11) is 0. The molecule has 0 saturated carbocycles. The van der Waals surface area contributed by atoms with Gasteiger partial charge in [-0.25, -0.2) is 0 Å². The number of hydrogen-bond acceptors (Lipinski definition) is 4. The molecule has 0 aliphatic carbocycles. The van der Waals surface area contributed by atoms with E-state index in [1.54, 1.807) is 11.8 Å². The molecule has 3 N–H and O–H groups in total. The zero-order valence-corrected chi connectivity index (χ0v) is 10.8. The lowest BCUT2D eigenvalue weighted by Crippen LogP contribution is -2.52. The van der Waals surface area contributed by atoms with Gasteiger partial charge in [-0.2, -0.15) is 0 Å². The van der Waals surface area contributed by atoms with E-state index in [0.717, 1.165) is 0 Å². The first-order valence-electron chi connectivity index (χ1n) is 6.43. The van der Waals surface area contributed by atoms with Crippen LogP contribution in [0.4, 0.5) is 0 Å². The molecule has 1 rings (SSSR count). The van der Waals surface area contributed by atoms with Crippen LogP contribution >= 0.6 is 0 Å². The number of aliphatic carboxylic acids is 1. The predicted molar refractivity (Wildman–Crippen MR) is 66.1 cm³/mol. The molecule has 1 aliphatic heterocycles. The predicted octanol–water partition coefficient (Wildman–Crippen LogP) is -0.330. The molecule has 0 radical (unpaired) electrons. The van der Waals surface area contributed by atoms with Gasteiger partial charge in [0, 0.05) is 32.2 Å². The largest absolute Gasteiger partial charge is 0.481 e. The maximum absolute atomic E-state index is 11.7. The van der Waals surface area contributed by atoms with E-state index in [-0.39, 0.29) is 18.6 Å². The third kappa shape index (κ3) is 4.27. The van der Waals surface area contributed by atoms with Crippen molar-refractivity contribution in [3.05, 3.63) is 0 Å². The zero-order chi connectivity index (χ0) is 13.5. The van der Waals surface area contributed by atoms with Gasteiger partial charge < -0.3 is 20.4 Å². The van der Waals surface area contributed by atoms with Crippen molar-refractivity contribution in [2.75, 3.05) is 26.2 Å². The number of nitrogens with one attached hydrogen (secondary N) is 1. The number of carboxylic acids is 1. The molecule has 0 spiro atoms. The van der Waals surface area contributed by atoms with Crippen LogP contribution < -0.4 is 5.32 Å². The van der Waals surface area contributed by atoms with Crippen molar-refractivity contribution in [2.24, 2.45) is 5.92 Å². The van der Waals surface area contributed by atoms with Crippen LogP contribution in [0.5, 0.6) is 0 Å². The second-order valence-electron chi connectivity index (χ2n) is 4.65. The number of carbonyl (C=O) groups is 2. The number of piperidine rings is 1. The molecule has 2 atom stereocenters. The summed E-state index contributed by atoms with van der Waals surface area (Å²) in [6, 6.07) is 0.00176. The van der Waals surface area contributed by atoms with Crippen LogP contribution in [-0.2, 0) is 9.59 Å². The molecular formula is C12H22N2O4. The summed E-state index contributed by atoms with van der Waals surface area (Å²) in [6.07, 6.45) is 1.57. The number of carboxylic acid groups (broad SMARTS) is 1. The topological polar surface area (TPSA) is 89.9 Å². The number of nitrogens with zero attached hydrogens (tertiary/aromatic N) is 1. The molecular weight excluding hydrogens is 236 g/mol. The Morgan fingerprint density at radius 2 is 2.11 bits per heavy atom. The summed E-state index contributed by atoms with van der Waals surface area (Å²) in [5.74, 6) is -1.35. The van der Waals surface area contributed by atoms with E-state index >= 15 is 0 Å². The summed E-state index contributed by atoms with van der Waals surface area (Å²) in [5.41, 5.74) is 0. The number of carbonyl (C=O) groups excluding carboxylic acids is 1. The van der Waals surface area contributed by atoms with Crippen LogP contribution in [0.3, 0.4) is 0 Å². The Labute approximate surface area is 107 Å². The average Bonchev–Trinajstić information content (AvgIpc) is 2.37. The standard InChI is InChI=1S/C12H22N2O4/c1-2-11(16)14-7-9(12(17)18)6-10(8-14)13-4-3-5-15/h9-10,13,15H,2-8H2,1H3,(H,17,18). The SMILES string of the molecule is CCC(=O)N1CC(NCCCO)CC(C(=O)O)C1. The molecule has 0 aromatic rings. The molecule has 0 bridgehead atoms. The van der Waals surface area contributed by atoms with Gasteiger partial charge in [-0.05, 0) is 19.4 Å². The Balaban J connectivity index is 2.56. The number of rotatable bonds is 6. The highest BCUT2D eigenvalue weighted by Gasteiger charge is 2.32.